The summed E-state index contributed by atoms with van der Waals surface area (Å²) in [5.74, 6) is 1.27. The van der Waals surface area contributed by atoms with Crippen molar-refractivity contribution in [2.24, 2.45) is 0 Å². The number of benzene rings is 3. The first-order chi connectivity index (χ1) is 16.2. The maximum absolute atomic E-state index is 10.6. The molecule has 0 fully saturated rings. The molecule has 3 aromatic rings. The summed E-state index contributed by atoms with van der Waals surface area (Å²) in [6.07, 6.45) is 0.831. The fraction of sp³-hybridized carbons (Fsp3) is 0.259. The fourth-order valence-corrected chi connectivity index (χ4v) is 3.10. The number of ether oxygens (including phenoxy) is 3. The Morgan fingerprint density at radius 2 is 1.24 bits per heavy atom. The van der Waals surface area contributed by atoms with E-state index < -0.39 is 5.97 Å². The van der Waals surface area contributed by atoms with Crippen LogP contribution >= 0.6 is 0 Å². The SMILES string of the molecule is COc1cccc(C(=O)O)c1C.COc1cccc(C=O)c1C.COc1cccc(CO)c1C.O.[B].[H-].[Li+]. The third-order valence-electron chi connectivity index (χ3n) is 5.19. The summed E-state index contributed by atoms with van der Waals surface area (Å²) in [5, 5.41) is 17.6. The van der Waals surface area contributed by atoms with Gasteiger partial charge in [0, 0.05) is 25.1 Å². The summed E-state index contributed by atoms with van der Waals surface area (Å²) in [5.41, 5.74) is 4.46. The first kappa shape index (κ1) is 38.3. The van der Waals surface area contributed by atoms with Gasteiger partial charge in [0.05, 0.1) is 33.5 Å². The van der Waals surface area contributed by atoms with Crippen LogP contribution in [0.3, 0.4) is 0 Å². The zero-order valence-corrected chi connectivity index (χ0v) is 22.5. The molecule has 4 N–H and O–H groups in total. The Balaban J connectivity index is -0.000000217. The van der Waals surface area contributed by atoms with Crippen molar-refractivity contribution in [3.05, 3.63) is 88.0 Å². The number of aldehydes is 1. The maximum atomic E-state index is 10.6. The monoisotopic (exact) mass is 505 g/mol. The van der Waals surface area contributed by atoms with Gasteiger partial charge in [-0.05, 0) is 56.2 Å². The molecule has 0 aliphatic heterocycles. The molecule has 3 aromatic carbocycles. The van der Waals surface area contributed by atoms with Crippen LogP contribution < -0.4 is 33.1 Å². The molecule has 3 rings (SSSR count). The maximum Gasteiger partial charge on any atom is 1.00 e. The number of carbonyl (C=O) groups excluding carboxylic acids is 1. The first-order valence-corrected chi connectivity index (χ1v) is 10.4. The predicted molar refractivity (Wildman–Crippen MR) is 142 cm³/mol. The molecule has 10 heteroatoms. The molecule has 0 bridgehead atoms. The normalized spacial score (nSPS) is 8.73. The van der Waals surface area contributed by atoms with Gasteiger partial charge in [0.15, 0.2) is 0 Å². The van der Waals surface area contributed by atoms with Crippen LogP contribution in [0.4, 0.5) is 0 Å². The number of methoxy groups -OCH3 is 3. The second-order valence-corrected chi connectivity index (χ2v) is 7.13. The number of aliphatic hydroxyl groups is 1. The van der Waals surface area contributed by atoms with E-state index in [1.54, 1.807) is 51.5 Å². The Kier molecular flexibility index (Phi) is 20.6. The molecule has 0 saturated heterocycles. The predicted octanol–water partition coefficient (Wildman–Crippen LogP) is 0.925. The van der Waals surface area contributed by atoms with Gasteiger partial charge < -0.3 is 31.3 Å². The average molecular weight is 505 g/mol. The molecule has 0 atom stereocenters. The quantitative estimate of drug-likeness (QED) is 0.376. The minimum absolute atomic E-state index is 0. The van der Waals surface area contributed by atoms with Gasteiger partial charge in [-0.25, -0.2) is 4.79 Å². The van der Waals surface area contributed by atoms with Gasteiger partial charge in [-0.3, -0.25) is 4.79 Å². The smallest absolute Gasteiger partial charge is 1.00 e. The molecular weight excluding hydrogens is 470 g/mol. The van der Waals surface area contributed by atoms with Crippen LogP contribution in [-0.2, 0) is 6.61 Å². The molecule has 0 aliphatic rings. The van der Waals surface area contributed by atoms with E-state index in [-0.39, 0.29) is 46.3 Å². The molecular formula is C27H35BLiO8. The summed E-state index contributed by atoms with van der Waals surface area (Å²) in [4.78, 5) is 21.1. The Hall–Kier alpha value is -3.22. The summed E-state index contributed by atoms with van der Waals surface area (Å²) in [6.45, 7) is 5.60. The number of hydrogen-bond acceptors (Lipinski definition) is 6. The van der Waals surface area contributed by atoms with E-state index in [1.807, 2.05) is 38.1 Å². The van der Waals surface area contributed by atoms with E-state index in [0.717, 1.165) is 34.5 Å². The largest absolute Gasteiger partial charge is 1.00 e. The van der Waals surface area contributed by atoms with Crippen molar-refractivity contribution in [1.82, 2.24) is 0 Å². The third kappa shape index (κ3) is 11.1. The van der Waals surface area contributed by atoms with Gasteiger partial charge in [-0.1, -0.05) is 30.3 Å². The summed E-state index contributed by atoms with van der Waals surface area (Å²) < 4.78 is 15.1. The van der Waals surface area contributed by atoms with E-state index >= 15 is 0 Å². The van der Waals surface area contributed by atoms with E-state index in [9.17, 15) is 9.59 Å². The Morgan fingerprint density at radius 3 is 1.68 bits per heavy atom. The number of carboxylic acid groups (broad SMARTS) is 1. The van der Waals surface area contributed by atoms with Crippen LogP contribution in [0, 0.1) is 20.8 Å². The molecule has 37 heavy (non-hydrogen) atoms. The third-order valence-corrected chi connectivity index (χ3v) is 5.19. The van der Waals surface area contributed by atoms with Crippen molar-refractivity contribution in [3.63, 3.8) is 0 Å². The van der Waals surface area contributed by atoms with Crippen molar-refractivity contribution in [2.75, 3.05) is 21.3 Å². The van der Waals surface area contributed by atoms with E-state index in [2.05, 4.69) is 0 Å². The van der Waals surface area contributed by atoms with Crippen LogP contribution in [-0.4, -0.2) is 57.7 Å². The average Bonchev–Trinajstić information content (AvgIpc) is 2.85. The molecule has 8 nitrogen and oxygen atoms in total. The van der Waals surface area contributed by atoms with Crippen LogP contribution in [0.25, 0.3) is 0 Å². The van der Waals surface area contributed by atoms with Gasteiger partial charge >= 0.3 is 24.8 Å². The second kappa shape index (κ2) is 19.9. The molecule has 0 saturated carbocycles. The second-order valence-electron chi connectivity index (χ2n) is 7.13. The molecule has 0 aromatic heterocycles. The van der Waals surface area contributed by atoms with Crippen molar-refractivity contribution in [1.29, 1.82) is 0 Å². The standard InChI is InChI=1S/C9H10O3.C9H12O2.C9H10O2.B.Li.H2O.H/c1-6-7(9(10)11)4-3-5-8(6)12-2;2*1-7-8(6-10)4-3-5-9(7)11-2;;;;/h3-5H,1-2H3,(H,10,11);3-5,10H,6H2,1-2H3;3-6H,1-2H3;;;1H2;/q;;;;+1;;-1. The number of hydrogen-bond donors (Lipinski definition) is 2. The molecule has 0 heterocycles. The Labute approximate surface area is 234 Å². The number of aliphatic hydroxyl groups excluding tert-OH is 1. The number of aromatic carboxylic acids is 1. The molecule has 0 aliphatic carbocycles. The zero-order valence-electron chi connectivity index (χ0n) is 23.5. The fourth-order valence-electron chi connectivity index (χ4n) is 3.10. The van der Waals surface area contributed by atoms with Crippen LogP contribution in [0.2, 0.25) is 0 Å². The van der Waals surface area contributed by atoms with Crippen molar-refractivity contribution >= 4 is 20.7 Å². The van der Waals surface area contributed by atoms with Crippen molar-refractivity contribution < 1.29 is 59.8 Å². The molecule has 3 radical (unpaired) electrons. The molecule has 0 unspecified atom stereocenters. The number of rotatable bonds is 6. The summed E-state index contributed by atoms with van der Waals surface area (Å²) in [6, 6.07) is 16.0. The van der Waals surface area contributed by atoms with Gasteiger partial charge in [0.25, 0.3) is 0 Å². The molecule has 0 amide bonds. The van der Waals surface area contributed by atoms with Gasteiger partial charge in [0.2, 0.25) is 0 Å². The van der Waals surface area contributed by atoms with E-state index in [4.69, 9.17) is 24.4 Å². The minimum atomic E-state index is -0.925. The van der Waals surface area contributed by atoms with Gasteiger partial charge in [-0.2, -0.15) is 0 Å². The van der Waals surface area contributed by atoms with Crippen LogP contribution in [0.15, 0.2) is 54.6 Å². The number of carboxylic acids is 1. The van der Waals surface area contributed by atoms with Gasteiger partial charge in [-0.15, -0.1) is 0 Å². The Bertz CT molecular complexity index is 1090. The van der Waals surface area contributed by atoms with Crippen LogP contribution in [0.1, 0.15) is 44.4 Å². The summed E-state index contributed by atoms with van der Waals surface area (Å²) in [7, 11) is 4.74. The first-order valence-electron chi connectivity index (χ1n) is 10.4. The van der Waals surface area contributed by atoms with E-state index in [1.165, 1.54) is 7.11 Å². The van der Waals surface area contributed by atoms with Crippen LogP contribution in [0.5, 0.6) is 17.2 Å². The van der Waals surface area contributed by atoms with Gasteiger partial charge in [0.1, 0.15) is 23.5 Å². The zero-order chi connectivity index (χ0) is 25.7. The van der Waals surface area contributed by atoms with Crippen molar-refractivity contribution in [3.8, 4) is 17.2 Å². The Morgan fingerprint density at radius 1 is 0.811 bits per heavy atom. The minimum Gasteiger partial charge on any atom is -1.00 e. The van der Waals surface area contributed by atoms with E-state index in [0.29, 0.717) is 16.9 Å². The molecule has 0 spiro atoms. The summed E-state index contributed by atoms with van der Waals surface area (Å²) >= 11 is 0. The molecule has 195 valence electrons. The van der Waals surface area contributed by atoms with Crippen molar-refractivity contribution in [2.45, 2.75) is 27.4 Å². The topological polar surface area (TPSA) is 134 Å². The number of carbonyl (C=O) groups is 2.